The maximum Gasteiger partial charge on any atom is 0.225 e. The number of thiophene rings is 1. The van der Waals surface area contributed by atoms with E-state index in [2.05, 4.69) is 5.32 Å². The maximum absolute atomic E-state index is 11.9. The van der Waals surface area contributed by atoms with E-state index in [9.17, 15) is 9.00 Å². The van der Waals surface area contributed by atoms with Crippen LogP contribution < -0.4 is 11.1 Å². The first kappa shape index (κ1) is 14.7. The largest absolute Gasteiger partial charge is 0.399 e. The average Bonchev–Trinajstić information content (AvgIpc) is 2.94. The van der Waals surface area contributed by atoms with Gasteiger partial charge in [0.2, 0.25) is 5.91 Å². The summed E-state index contributed by atoms with van der Waals surface area (Å²) in [4.78, 5) is 11.9. The fraction of sp³-hybridized carbons (Fsp3) is 0.214. The van der Waals surface area contributed by atoms with Crippen LogP contribution in [-0.4, -0.2) is 15.9 Å². The number of hydrogen-bond donors (Lipinski definition) is 2. The van der Waals surface area contributed by atoms with Crippen LogP contribution in [0, 0.1) is 6.92 Å². The zero-order valence-electron chi connectivity index (χ0n) is 11.1. The van der Waals surface area contributed by atoms with Crippen molar-refractivity contribution in [2.75, 3.05) is 16.8 Å². The quantitative estimate of drug-likeness (QED) is 0.834. The van der Waals surface area contributed by atoms with Gasteiger partial charge in [0.1, 0.15) is 0 Å². The summed E-state index contributed by atoms with van der Waals surface area (Å²) >= 11 is 1.44. The first-order valence-corrected chi connectivity index (χ1v) is 8.34. The van der Waals surface area contributed by atoms with Crippen molar-refractivity contribution in [3.8, 4) is 0 Å². The molecule has 1 atom stereocenters. The van der Waals surface area contributed by atoms with Crippen LogP contribution in [0.2, 0.25) is 0 Å². The normalized spacial score (nSPS) is 12.1. The van der Waals surface area contributed by atoms with E-state index < -0.39 is 10.8 Å². The number of benzene rings is 1. The van der Waals surface area contributed by atoms with Gasteiger partial charge in [0, 0.05) is 23.5 Å². The predicted octanol–water partition coefficient (Wildman–Crippen LogP) is 2.78. The summed E-state index contributed by atoms with van der Waals surface area (Å²) in [5.41, 5.74) is 7.95. The highest BCUT2D eigenvalue weighted by molar-refractivity contribution is 7.87. The first-order chi connectivity index (χ1) is 9.56. The van der Waals surface area contributed by atoms with E-state index in [0.717, 1.165) is 9.77 Å². The fourth-order valence-electron chi connectivity index (χ4n) is 1.67. The zero-order valence-corrected chi connectivity index (χ0v) is 12.7. The molecule has 4 nitrogen and oxygen atoms in total. The number of aryl methyl sites for hydroxylation is 1. The van der Waals surface area contributed by atoms with E-state index >= 15 is 0 Å². The fourth-order valence-corrected chi connectivity index (χ4v) is 3.76. The van der Waals surface area contributed by atoms with Crippen molar-refractivity contribution in [3.63, 3.8) is 0 Å². The van der Waals surface area contributed by atoms with Gasteiger partial charge in [-0.1, -0.05) is 12.1 Å². The third-order valence-corrected chi connectivity index (χ3v) is 5.44. The van der Waals surface area contributed by atoms with Gasteiger partial charge in [-0.15, -0.1) is 11.3 Å². The van der Waals surface area contributed by atoms with Crippen LogP contribution in [0.25, 0.3) is 0 Å². The predicted molar refractivity (Wildman–Crippen MR) is 84.4 cm³/mol. The van der Waals surface area contributed by atoms with Gasteiger partial charge in [0.25, 0.3) is 0 Å². The van der Waals surface area contributed by atoms with Crippen LogP contribution in [0.4, 0.5) is 11.4 Å². The van der Waals surface area contributed by atoms with Crippen molar-refractivity contribution in [3.05, 3.63) is 41.3 Å². The van der Waals surface area contributed by atoms with Crippen molar-refractivity contribution >= 4 is 39.4 Å². The maximum atomic E-state index is 11.9. The minimum Gasteiger partial charge on any atom is -0.399 e. The van der Waals surface area contributed by atoms with Gasteiger partial charge in [0.05, 0.1) is 15.0 Å². The van der Waals surface area contributed by atoms with Crippen LogP contribution in [0.3, 0.4) is 0 Å². The number of amides is 1. The molecule has 20 heavy (non-hydrogen) atoms. The van der Waals surface area contributed by atoms with Gasteiger partial charge >= 0.3 is 0 Å². The second kappa shape index (κ2) is 6.67. The lowest BCUT2D eigenvalue weighted by Gasteiger charge is -2.09. The van der Waals surface area contributed by atoms with Gasteiger partial charge < -0.3 is 11.1 Å². The van der Waals surface area contributed by atoms with Crippen molar-refractivity contribution in [2.45, 2.75) is 17.6 Å². The minimum absolute atomic E-state index is 0.149. The Morgan fingerprint density at radius 2 is 2.20 bits per heavy atom. The molecule has 0 radical (unpaired) electrons. The average molecular weight is 308 g/mol. The molecule has 0 aliphatic carbocycles. The Bertz CT molecular complexity index is 624. The second-order valence-electron chi connectivity index (χ2n) is 4.35. The Kier molecular flexibility index (Phi) is 4.92. The third-order valence-electron chi connectivity index (χ3n) is 2.77. The summed E-state index contributed by atoms with van der Waals surface area (Å²) in [7, 11) is -1.11. The number of hydrogen-bond acceptors (Lipinski definition) is 4. The number of nitrogen functional groups attached to an aromatic ring is 1. The van der Waals surface area contributed by atoms with Gasteiger partial charge in [-0.25, -0.2) is 0 Å². The topological polar surface area (TPSA) is 72.2 Å². The van der Waals surface area contributed by atoms with E-state index in [1.807, 2.05) is 30.5 Å². The van der Waals surface area contributed by atoms with Gasteiger partial charge in [-0.2, -0.15) is 0 Å². The number of carbonyl (C=O) groups excluding carboxylic acids is 1. The zero-order chi connectivity index (χ0) is 14.5. The molecule has 0 aliphatic rings. The second-order valence-corrected chi connectivity index (χ2v) is 7.10. The van der Waals surface area contributed by atoms with Crippen LogP contribution in [0.1, 0.15) is 12.0 Å². The molecule has 2 rings (SSSR count). The van der Waals surface area contributed by atoms with Crippen molar-refractivity contribution in [1.82, 2.24) is 0 Å². The highest BCUT2D eigenvalue weighted by atomic mass is 32.2. The molecule has 2 aromatic rings. The molecule has 1 unspecified atom stereocenters. The Morgan fingerprint density at radius 1 is 1.40 bits per heavy atom. The molecular formula is C14H16N2O2S2. The van der Waals surface area contributed by atoms with E-state index in [-0.39, 0.29) is 12.3 Å². The molecule has 6 heteroatoms. The highest BCUT2D eigenvalue weighted by Gasteiger charge is 2.10. The SMILES string of the molecule is Cc1ccc(N)cc1NC(=O)CCS(=O)c1cccs1. The number of nitrogens with two attached hydrogens (primary N) is 1. The van der Waals surface area contributed by atoms with Gasteiger partial charge in [0.15, 0.2) is 0 Å². The van der Waals surface area contributed by atoms with Crippen molar-refractivity contribution in [1.29, 1.82) is 0 Å². The Labute approximate surface area is 124 Å². The molecule has 1 aromatic heterocycles. The monoisotopic (exact) mass is 308 g/mol. The number of nitrogens with one attached hydrogen (secondary N) is 1. The summed E-state index contributed by atoms with van der Waals surface area (Å²) in [6.45, 7) is 1.90. The van der Waals surface area contributed by atoms with E-state index in [1.54, 1.807) is 12.1 Å². The molecule has 0 saturated heterocycles. The molecular weight excluding hydrogens is 292 g/mol. The van der Waals surface area contributed by atoms with Crippen molar-refractivity contribution in [2.24, 2.45) is 0 Å². The molecule has 0 spiro atoms. The summed E-state index contributed by atoms with van der Waals surface area (Å²) in [5, 5.41) is 4.68. The van der Waals surface area contributed by atoms with E-state index in [1.165, 1.54) is 11.3 Å². The Morgan fingerprint density at radius 3 is 2.90 bits per heavy atom. The molecule has 0 fully saturated rings. The summed E-state index contributed by atoms with van der Waals surface area (Å²) in [5.74, 6) is 0.178. The smallest absolute Gasteiger partial charge is 0.225 e. The molecule has 0 saturated carbocycles. The molecule has 0 bridgehead atoms. The first-order valence-electron chi connectivity index (χ1n) is 6.14. The van der Waals surface area contributed by atoms with Gasteiger partial charge in [-0.05, 0) is 36.1 Å². The third kappa shape index (κ3) is 3.91. The van der Waals surface area contributed by atoms with Crippen LogP contribution in [-0.2, 0) is 15.6 Å². The number of rotatable bonds is 5. The van der Waals surface area contributed by atoms with Crippen LogP contribution in [0.5, 0.6) is 0 Å². The number of carbonyl (C=O) groups is 1. The molecule has 0 aliphatic heterocycles. The van der Waals surface area contributed by atoms with E-state index in [4.69, 9.17) is 5.73 Å². The van der Waals surface area contributed by atoms with E-state index in [0.29, 0.717) is 17.1 Å². The highest BCUT2D eigenvalue weighted by Crippen LogP contribution is 2.19. The summed E-state index contributed by atoms with van der Waals surface area (Å²) in [6, 6.07) is 9.05. The summed E-state index contributed by atoms with van der Waals surface area (Å²) in [6.07, 6.45) is 0.221. The Balaban J connectivity index is 1.90. The van der Waals surface area contributed by atoms with Gasteiger partial charge in [-0.3, -0.25) is 9.00 Å². The molecule has 1 aromatic carbocycles. The molecule has 3 N–H and O–H groups in total. The standard InChI is InChI=1S/C14H16N2O2S2/c1-10-4-5-11(15)9-12(10)16-13(17)6-8-20(18)14-3-2-7-19-14/h2-5,7,9H,6,8,15H2,1H3,(H,16,17). The van der Waals surface area contributed by atoms with Crippen LogP contribution in [0.15, 0.2) is 39.9 Å². The van der Waals surface area contributed by atoms with Crippen molar-refractivity contribution < 1.29 is 9.00 Å². The van der Waals surface area contributed by atoms with Crippen LogP contribution >= 0.6 is 11.3 Å². The molecule has 1 amide bonds. The molecule has 1 heterocycles. The lowest BCUT2D eigenvalue weighted by atomic mass is 10.2. The minimum atomic E-state index is -1.11. The molecule has 106 valence electrons. The number of anilines is 2. The summed E-state index contributed by atoms with van der Waals surface area (Å²) < 4.78 is 12.7. The lowest BCUT2D eigenvalue weighted by Crippen LogP contribution is -2.15. The Hall–Kier alpha value is -1.66. The lowest BCUT2D eigenvalue weighted by molar-refractivity contribution is -0.115.